The highest BCUT2D eigenvalue weighted by molar-refractivity contribution is 7.81. The maximum atomic E-state index is 4.70. The number of benzene rings is 1. The molecule has 0 radical (unpaired) electrons. The second-order valence-corrected chi connectivity index (χ2v) is 4.63. The van der Waals surface area contributed by atoms with E-state index in [1.54, 1.807) is 0 Å². The Kier molecular flexibility index (Phi) is 3.68. The molecule has 2 atom stereocenters. The minimum Gasteiger partial charge on any atom is -0.175 e. The van der Waals surface area contributed by atoms with Crippen LogP contribution in [-0.4, -0.2) is 5.25 Å². The average molecular weight is 216 g/mol. The van der Waals surface area contributed by atoms with Crippen LogP contribution < -0.4 is 0 Å². The van der Waals surface area contributed by atoms with Gasteiger partial charge in [0.15, 0.2) is 0 Å². The lowest BCUT2D eigenvalue weighted by Crippen LogP contribution is -2.16. The quantitative estimate of drug-likeness (QED) is 0.732. The molecule has 0 aromatic heterocycles. The SMILES string of the molecule is SC(Cc1ccccc1)C1C=CC=CC1. The van der Waals surface area contributed by atoms with E-state index in [0.29, 0.717) is 11.2 Å². The van der Waals surface area contributed by atoms with E-state index in [2.05, 4.69) is 54.6 Å². The molecule has 78 valence electrons. The summed E-state index contributed by atoms with van der Waals surface area (Å²) in [6, 6.07) is 10.6. The second kappa shape index (κ2) is 5.22. The summed E-state index contributed by atoms with van der Waals surface area (Å²) in [6.45, 7) is 0. The molecule has 0 nitrogen and oxygen atoms in total. The van der Waals surface area contributed by atoms with Gasteiger partial charge in [-0.05, 0) is 24.3 Å². The van der Waals surface area contributed by atoms with Crippen molar-refractivity contribution >= 4 is 12.6 Å². The van der Waals surface area contributed by atoms with Gasteiger partial charge in [-0.1, -0.05) is 54.6 Å². The number of hydrogen-bond acceptors (Lipinski definition) is 1. The van der Waals surface area contributed by atoms with Gasteiger partial charge in [-0.2, -0.15) is 12.6 Å². The number of rotatable bonds is 3. The normalized spacial score (nSPS) is 21.5. The highest BCUT2D eigenvalue weighted by atomic mass is 32.1. The fourth-order valence-corrected chi connectivity index (χ4v) is 2.32. The molecule has 1 aromatic rings. The first-order valence-electron chi connectivity index (χ1n) is 5.41. The van der Waals surface area contributed by atoms with E-state index in [1.165, 1.54) is 5.56 Å². The van der Waals surface area contributed by atoms with Crippen molar-refractivity contribution in [3.63, 3.8) is 0 Å². The number of thiol groups is 1. The third-order valence-corrected chi connectivity index (χ3v) is 3.36. The Morgan fingerprint density at radius 2 is 2.00 bits per heavy atom. The van der Waals surface area contributed by atoms with Gasteiger partial charge >= 0.3 is 0 Å². The van der Waals surface area contributed by atoms with Crippen LogP contribution in [0.3, 0.4) is 0 Å². The third kappa shape index (κ3) is 3.00. The summed E-state index contributed by atoms with van der Waals surface area (Å²) in [5.74, 6) is 0.582. The molecule has 2 unspecified atom stereocenters. The minimum absolute atomic E-state index is 0.425. The molecule has 0 saturated carbocycles. The van der Waals surface area contributed by atoms with Crippen LogP contribution >= 0.6 is 12.6 Å². The third-order valence-electron chi connectivity index (χ3n) is 2.80. The molecule has 1 heteroatoms. The van der Waals surface area contributed by atoms with Crippen LogP contribution in [0.2, 0.25) is 0 Å². The zero-order valence-corrected chi connectivity index (χ0v) is 9.61. The zero-order chi connectivity index (χ0) is 10.5. The van der Waals surface area contributed by atoms with E-state index in [0.717, 1.165) is 12.8 Å². The Balaban J connectivity index is 1.95. The van der Waals surface area contributed by atoms with Gasteiger partial charge in [-0.25, -0.2) is 0 Å². The molecule has 0 spiro atoms. The summed E-state index contributed by atoms with van der Waals surface area (Å²) in [5.41, 5.74) is 1.38. The van der Waals surface area contributed by atoms with Crippen LogP contribution in [0.1, 0.15) is 12.0 Å². The van der Waals surface area contributed by atoms with Crippen LogP contribution in [0.25, 0.3) is 0 Å². The predicted octanol–water partition coefficient (Wildman–Crippen LogP) is 3.66. The maximum Gasteiger partial charge on any atom is 0.0123 e. The molecule has 15 heavy (non-hydrogen) atoms. The highest BCUT2D eigenvalue weighted by Gasteiger charge is 2.15. The summed E-state index contributed by atoms with van der Waals surface area (Å²) in [7, 11) is 0. The summed E-state index contributed by atoms with van der Waals surface area (Å²) in [5, 5.41) is 0.425. The van der Waals surface area contributed by atoms with E-state index in [4.69, 9.17) is 12.6 Å². The summed E-state index contributed by atoms with van der Waals surface area (Å²) < 4.78 is 0. The van der Waals surface area contributed by atoms with Gasteiger partial charge in [-0.3, -0.25) is 0 Å². The lowest BCUT2D eigenvalue weighted by molar-refractivity contribution is 0.615. The standard InChI is InChI=1S/C14H16S/c15-14(13-9-5-2-6-10-13)11-12-7-3-1-4-8-12/h1-9,13-15H,10-11H2. The first-order valence-corrected chi connectivity index (χ1v) is 5.93. The monoisotopic (exact) mass is 216 g/mol. The van der Waals surface area contributed by atoms with Gasteiger partial charge in [0.25, 0.3) is 0 Å². The second-order valence-electron chi connectivity index (χ2n) is 3.97. The molecule has 0 aliphatic heterocycles. The fourth-order valence-electron chi connectivity index (χ4n) is 1.89. The first kappa shape index (κ1) is 10.6. The summed E-state index contributed by atoms with van der Waals surface area (Å²) >= 11 is 4.70. The topological polar surface area (TPSA) is 0 Å². The average Bonchev–Trinajstić information content (AvgIpc) is 2.31. The summed E-state index contributed by atoms with van der Waals surface area (Å²) in [6.07, 6.45) is 10.9. The largest absolute Gasteiger partial charge is 0.175 e. The van der Waals surface area contributed by atoms with Crippen molar-refractivity contribution in [1.29, 1.82) is 0 Å². The van der Waals surface area contributed by atoms with Crippen molar-refractivity contribution in [2.24, 2.45) is 5.92 Å². The first-order chi connectivity index (χ1) is 7.36. The Morgan fingerprint density at radius 3 is 2.67 bits per heavy atom. The number of allylic oxidation sites excluding steroid dienone is 4. The van der Waals surface area contributed by atoms with Crippen molar-refractivity contribution in [1.82, 2.24) is 0 Å². The van der Waals surface area contributed by atoms with Crippen LogP contribution in [0, 0.1) is 5.92 Å². The molecular weight excluding hydrogens is 200 g/mol. The molecule has 0 bridgehead atoms. The van der Waals surface area contributed by atoms with E-state index in [-0.39, 0.29) is 0 Å². The molecule has 0 saturated heterocycles. The van der Waals surface area contributed by atoms with Crippen molar-refractivity contribution in [2.45, 2.75) is 18.1 Å². The van der Waals surface area contributed by atoms with Gasteiger partial charge in [0, 0.05) is 5.25 Å². The van der Waals surface area contributed by atoms with Crippen molar-refractivity contribution in [3.8, 4) is 0 Å². The van der Waals surface area contributed by atoms with E-state index in [1.807, 2.05) is 0 Å². The van der Waals surface area contributed by atoms with Gasteiger partial charge in [0.1, 0.15) is 0 Å². The Morgan fingerprint density at radius 1 is 1.20 bits per heavy atom. The van der Waals surface area contributed by atoms with Crippen LogP contribution in [-0.2, 0) is 6.42 Å². The molecule has 0 N–H and O–H groups in total. The van der Waals surface area contributed by atoms with Crippen LogP contribution in [0.5, 0.6) is 0 Å². The zero-order valence-electron chi connectivity index (χ0n) is 8.71. The smallest absolute Gasteiger partial charge is 0.0123 e. The minimum atomic E-state index is 0.425. The van der Waals surface area contributed by atoms with E-state index < -0.39 is 0 Å². The molecule has 0 fully saturated rings. The fraction of sp³-hybridized carbons (Fsp3) is 0.286. The molecule has 1 aliphatic carbocycles. The lowest BCUT2D eigenvalue weighted by atomic mass is 9.93. The van der Waals surface area contributed by atoms with Gasteiger partial charge < -0.3 is 0 Å². The Hall–Kier alpha value is -0.950. The molecule has 0 heterocycles. The van der Waals surface area contributed by atoms with Gasteiger partial charge in [0.2, 0.25) is 0 Å². The lowest BCUT2D eigenvalue weighted by Gasteiger charge is -2.20. The van der Waals surface area contributed by atoms with E-state index in [9.17, 15) is 0 Å². The molecule has 0 amide bonds. The van der Waals surface area contributed by atoms with Crippen molar-refractivity contribution < 1.29 is 0 Å². The Bertz CT molecular complexity index is 351. The predicted molar refractivity (Wildman–Crippen MR) is 69.3 cm³/mol. The van der Waals surface area contributed by atoms with Crippen LogP contribution in [0.4, 0.5) is 0 Å². The molecule has 1 aromatic carbocycles. The molecular formula is C14H16S. The highest BCUT2D eigenvalue weighted by Crippen LogP contribution is 2.23. The van der Waals surface area contributed by atoms with E-state index >= 15 is 0 Å². The van der Waals surface area contributed by atoms with Crippen molar-refractivity contribution in [3.05, 3.63) is 60.2 Å². The molecule has 1 aliphatic rings. The maximum absolute atomic E-state index is 4.70. The Labute approximate surface area is 97.1 Å². The van der Waals surface area contributed by atoms with Crippen molar-refractivity contribution in [2.75, 3.05) is 0 Å². The molecule has 2 rings (SSSR count). The van der Waals surface area contributed by atoms with Gasteiger partial charge in [-0.15, -0.1) is 0 Å². The van der Waals surface area contributed by atoms with Gasteiger partial charge in [0.05, 0.1) is 0 Å². The summed E-state index contributed by atoms with van der Waals surface area (Å²) in [4.78, 5) is 0. The number of hydrogen-bond donors (Lipinski definition) is 1. The van der Waals surface area contributed by atoms with Crippen LogP contribution in [0.15, 0.2) is 54.6 Å².